The van der Waals surface area contributed by atoms with E-state index in [1.54, 1.807) is 0 Å². The van der Waals surface area contributed by atoms with Crippen LogP contribution in [0, 0.1) is 0 Å². The highest BCUT2D eigenvalue weighted by molar-refractivity contribution is 9.10. The standard InChI is InChI=1S/C11H16BrNS/c1-13-11(8-14-2)7-9-4-3-5-10(12)6-9/h3-6,11,13H,7-8H2,1-2H3. The number of benzene rings is 1. The van der Waals surface area contributed by atoms with Gasteiger partial charge in [-0.3, -0.25) is 0 Å². The molecule has 1 N–H and O–H groups in total. The smallest absolute Gasteiger partial charge is 0.0195 e. The van der Waals surface area contributed by atoms with Crippen LogP contribution in [0.15, 0.2) is 28.7 Å². The van der Waals surface area contributed by atoms with Gasteiger partial charge in [0, 0.05) is 16.3 Å². The van der Waals surface area contributed by atoms with Crippen LogP contribution in [0.5, 0.6) is 0 Å². The Morgan fingerprint density at radius 1 is 1.50 bits per heavy atom. The number of likely N-dealkylation sites (N-methyl/N-ethyl adjacent to an activating group) is 1. The highest BCUT2D eigenvalue weighted by atomic mass is 79.9. The van der Waals surface area contributed by atoms with E-state index in [4.69, 9.17) is 0 Å². The van der Waals surface area contributed by atoms with E-state index in [0.717, 1.165) is 16.6 Å². The first-order valence-corrected chi connectivity index (χ1v) is 6.85. The predicted molar refractivity (Wildman–Crippen MR) is 69.1 cm³/mol. The van der Waals surface area contributed by atoms with Gasteiger partial charge >= 0.3 is 0 Å². The fourth-order valence-electron chi connectivity index (χ4n) is 1.39. The summed E-state index contributed by atoms with van der Waals surface area (Å²) in [7, 11) is 2.03. The number of hydrogen-bond donors (Lipinski definition) is 1. The van der Waals surface area contributed by atoms with Crippen LogP contribution in [0.4, 0.5) is 0 Å². The third-order valence-electron chi connectivity index (χ3n) is 2.15. The largest absolute Gasteiger partial charge is 0.316 e. The van der Waals surface area contributed by atoms with E-state index in [1.165, 1.54) is 5.56 Å². The predicted octanol–water partition coefficient (Wildman–Crippen LogP) is 2.94. The molecule has 1 unspecified atom stereocenters. The highest BCUT2D eigenvalue weighted by Gasteiger charge is 2.05. The van der Waals surface area contributed by atoms with Crippen molar-refractivity contribution < 1.29 is 0 Å². The lowest BCUT2D eigenvalue weighted by molar-refractivity contribution is 0.617. The van der Waals surface area contributed by atoms with E-state index >= 15 is 0 Å². The second-order valence-corrected chi connectivity index (χ2v) is 5.10. The van der Waals surface area contributed by atoms with Crippen molar-refractivity contribution in [3.8, 4) is 0 Å². The zero-order chi connectivity index (χ0) is 10.4. The summed E-state index contributed by atoms with van der Waals surface area (Å²) >= 11 is 5.37. The lowest BCUT2D eigenvalue weighted by atomic mass is 10.1. The number of thioether (sulfide) groups is 1. The van der Waals surface area contributed by atoms with Crippen LogP contribution in [0.2, 0.25) is 0 Å². The molecule has 0 aliphatic carbocycles. The number of halogens is 1. The zero-order valence-electron chi connectivity index (χ0n) is 8.59. The summed E-state index contributed by atoms with van der Waals surface area (Å²) in [6, 6.07) is 9.08. The van der Waals surface area contributed by atoms with Gasteiger partial charge in [-0.05, 0) is 37.4 Å². The molecular weight excluding hydrogens is 258 g/mol. The molecule has 0 aliphatic rings. The number of nitrogens with one attached hydrogen (secondary N) is 1. The Morgan fingerprint density at radius 2 is 2.29 bits per heavy atom. The summed E-state index contributed by atoms with van der Waals surface area (Å²) in [5.41, 5.74) is 1.38. The van der Waals surface area contributed by atoms with Crippen LogP contribution in [0.25, 0.3) is 0 Å². The lowest BCUT2D eigenvalue weighted by Gasteiger charge is -2.14. The first kappa shape index (κ1) is 12.1. The Labute approximate surface area is 98.8 Å². The Hall–Kier alpha value is 0.01000. The van der Waals surface area contributed by atoms with Crippen molar-refractivity contribution >= 4 is 27.7 Å². The van der Waals surface area contributed by atoms with Crippen LogP contribution >= 0.6 is 27.7 Å². The van der Waals surface area contributed by atoms with Gasteiger partial charge in [-0.15, -0.1) is 0 Å². The molecule has 1 nitrogen and oxygen atoms in total. The molecule has 0 saturated heterocycles. The van der Waals surface area contributed by atoms with Gasteiger partial charge in [-0.25, -0.2) is 0 Å². The molecule has 78 valence electrons. The van der Waals surface area contributed by atoms with E-state index in [1.807, 2.05) is 18.8 Å². The molecule has 0 heterocycles. The van der Waals surface area contributed by atoms with Gasteiger partial charge in [0.15, 0.2) is 0 Å². The molecule has 0 aliphatic heterocycles. The minimum Gasteiger partial charge on any atom is -0.316 e. The van der Waals surface area contributed by atoms with Crippen LogP contribution in [-0.2, 0) is 6.42 Å². The highest BCUT2D eigenvalue weighted by Crippen LogP contribution is 2.14. The molecule has 0 spiro atoms. The first-order valence-electron chi connectivity index (χ1n) is 4.67. The minimum atomic E-state index is 0.569. The van der Waals surface area contributed by atoms with Crippen molar-refractivity contribution in [2.45, 2.75) is 12.5 Å². The molecule has 0 fully saturated rings. The van der Waals surface area contributed by atoms with E-state index in [-0.39, 0.29) is 0 Å². The molecule has 0 saturated carbocycles. The van der Waals surface area contributed by atoms with Gasteiger partial charge in [-0.1, -0.05) is 28.1 Å². The summed E-state index contributed by atoms with van der Waals surface area (Å²) < 4.78 is 1.16. The molecular formula is C11H16BrNS. The average molecular weight is 274 g/mol. The Morgan fingerprint density at radius 3 is 2.86 bits per heavy atom. The Kier molecular flexibility index (Phi) is 5.60. The second-order valence-electron chi connectivity index (χ2n) is 3.27. The van der Waals surface area contributed by atoms with Gasteiger partial charge < -0.3 is 5.32 Å². The summed E-state index contributed by atoms with van der Waals surface area (Å²) in [5.74, 6) is 1.16. The summed E-state index contributed by atoms with van der Waals surface area (Å²) in [4.78, 5) is 0. The second kappa shape index (κ2) is 6.49. The van der Waals surface area contributed by atoms with E-state index in [9.17, 15) is 0 Å². The van der Waals surface area contributed by atoms with Crippen molar-refractivity contribution in [1.82, 2.24) is 5.32 Å². The van der Waals surface area contributed by atoms with Crippen molar-refractivity contribution in [1.29, 1.82) is 0 Å². The maximum absolute atomic E-state index is 3.49. The van der Waals surface area contributed by atoms with Crippen molar-refractivity contribution in [3.05, 3.63) is 34.3 Å². The van der Waals surface area contributed by atoms with Gasteiger partial charge in [0.05, 0.1) is 0 Å². The zero-order valence-corrected chi connectivity index (χ0v) is 11.0. The molecule has 0 aromatic heterocycles. The van der Waals surface area contributed by atoms with Gasteiger partial charge in [0.1, 0.15) is 0 Å². The van der Waals surface area contributed by atoms with Gasteiger partial charge in [0.2, 0.25) is 0 Å². The number of hydrogen-bond acceptors (Lipinski definition) is 2. The van der Waals surface area contributed by atoms with E-state index in [0.29, 0.717) is 6.04 Å². The van der Waals surface area contributed by atoms with Gasteiger partial charge in [0.25, 0.3) is 0 Å². The van der Waals surface area contributed by atoms with Crippen LogP contribution in [0.3, 0.4) is 0 Å². The molecule has 1 aromatic carbocycles. The molecule has 3 heteroatoms. The normalized spacial score (nSPS) is 12.8. The quantitative estimate of drug-likeness (QED) is 0.886. The molecule has 1 atom stereocenters. The first-order chi connectivity index (χ1) is 6.76. The molecule has 14 heavy (non-hydrogen) atoms. The summed E-state index contributed by atoms with van der Waals surface area (Å²) in [5, 5.41) is 3.33. The molecule has 0 amide bonds. The lowest BCUT2D eigenvalue weighted by Crippen LogP contribution is -2.29. The van der Waals surface area contributed by atoms with Crippen LogP contribution in [-0.4, -0.2) is 25.1 Å². The average Bonchev–Trinajstić information content (AvgIpc) is 2.17. The molecule has 1 rings (SSSR count). The topological polar surface area (TPSA) is 12.0 Å². The summed E-state index contributed by atoms with van der Waals surface area (Å²) in [6.07, 6.45) is 3.24. The van der Waals surface area contributed by atoms with E-state index in [2.05, 4.69) is 51.8 Å². The van der Waals surface area contributed by atoms with Crippen LogP contribution in [0.1, 0.15) is 5.56 Å². The monoisotopic (exact) mass is 273 g/mol. The maximum atomic E-state index is 3.49. The third kappa shape index (κ3) is 4.03. The Balaban J connectivity index is 2.57. The SMILES string of the molecule is CNC(CSC)Cc1cccc(Br)c1. The number of rotatable bonds is 5. The van der Waals surface area contributed by atoms with Crippen molar-refractivity contribution in [2.75, 3.05) is 19.1 Å². The van der Waals surface area contributed by atoms with Crippen molar-refractivity contribution in [2.24, 2.45) is 0 Å². The third-order valence-corrected chi connectivity index (χ3v) is 3.38. The Bertz CT molecular complexity index is 278. The van der Waals surface area contributed by atoms with Gasteiger partial charge in [-0.2, -0.15) is 11.8 Å². The fraction of sp³-hybridized carbons (Fsp3) is 0.455. The molecule has 1 aromatic rings. The van der Waals surface area contributed by atoms with Crippen LogP contribution < -0.4 is 5.32 Å². The fourth-order valence-corrected chi connectivity index (χ4v) is 2.53. The molecule has 0 radical (unpaired) electrons. The van der Waals surface area contributed by atoms with Crippen molar-refractivity contribution in [3.63, 3.8) is 0 Å². The maximum Gasteiger partial charge on any atom is 0.0195 e. The minimum absolute atomic E-state index is 0.569. The van der Waals surface area contributed by atoms with E-state index < -0.39 is 0 Å². The molecule has 0 bridgehead atoms. The summed E-state index contributed by atoms with van der Waals surface area (Å²) in [6.45, 7) is 0.